The van der Waals surface area contributed by atoms with E-state index in [4.69, 9.17) is 10.5 Å². The van der Waals surface area contributed by atoms with E-state index in [1.165, 1.54) is 0 Å². The van der Waals surface area contributed by atoms with Crippen molar-refractivity contribution in [1.82, 2.24) is 5.32 Å². The average molecular weight is 292 g/mol. The molecule has 4 heteroatoms. The van der Waals surface area contributed by atoms with Crippen molar-refractivity contribution in [1.29, 1.82) is 0 Å². The van der Waals surface area contributed by atoms with Gasteiger partial charge in [0, 0.05) is 18.2 Å². The lowest BCUT2D eigenvalue weighted by molar-refractivity contribution is 0.0935. The molecule has 118 valence electrons. The number of carbonyl (C=O) groups is 1. The molecule has 3 N–H and O–H groups in total. The van der Waals surface area contributed by atoms with Gasteiger partial charge >= 0.3 is 0 Å². The van der Waals surface area contributed by atoms with Crippen LogP contribution in [0.3, 0.4) is 0 Å². The maximum absolute atomic E-state index is 12.1. The van der Waals surface area contributed by atoms with Crippen LogP contribution in [0.2, 0.25) is 0 Å². The van der Waals surface area contributed by atoms with Crippen molar-refractivity contribution in [2.75, 3.05) is 13.2 Å². The minimum Gasteiger partial charge on any atom is -0.494 e. The molecule has 0 heterocycles. The summed E-state index contributed by atoms with van der Waals surface area (Å²) < 4.78 is 5.58. The van der Waals surface area contributed by atoms with Crippen LogP contribution < -0.4 is 15.8 Å². The molecule has 0 bridgehead atoms. The second-order valence-corrected chi connectivity index (χ2v) is 5.27. The summed E-state index contributed by atoms with van der Waals surface area (Å²) in [5.74, 6) is 0.739. The Morgan fingerprint density at radius 1 is 1.19 bits per heavy atom. The van der Waals surface area contributed by atoms with E-state index < -0.39 is 0 Å². The number of amides is 1. The molecule has 0 radical (unpaired) electrons. The molecule has 1 unspecified atom stereocenters. The Morgan fingerprint density at radius 2 is 1.86 bits per heavy atom. The zero-order valence-corrected chi connectivity index (χ0v) is 13.2. The normalized spacial score (nSPS) is 12.0. The second kappa shape index (κ2) is 10.2. The van der Waals surface area contributed by atoms with Gasteiger partial charge in [-0.25, -0.2) is 0 Å². The first-order valence-electron chi connectivity index (χ1n) is 7.95. The van der Waals surface area contributed by atoms with Gasteiger partial charge in [-0.05, 0) is 37.1 Å². The van der Waals surface area contributed by atoms with Gasteiger partial charge in [-0.15, -0.1) is 0 Å². The van der Waals surface area contributed by atoms with Gasteiger partial charge in [0.25, 0.3) is 5.91 Å². The Balaban J connectivity index is 2.49. The summed E-state index contributed by atoms with van der Waals surface area (Å²) in [7, 11) is 0. The standard InChI is InChI=1S/C17H28N2O2/c1-3-5-7-15(13-18)19-17(20)14-8-10-16(11-9-14)21-12-6-4-2/h8-11,15H,3-7,12-13,18H2,1-2H3,(H,19,20). The van der Waals surface area contributed by atoms with Gasteiger partial charge < -0.3 is 15.8 Å². The maximum atomic E-state index is 12.1. The number of hydrogen-bond acceptors (Lipinski definition) is 3. The predicted octanol–water partition coefficient (Wildman–Crippen LogP) is 3.11. The van der Waals surface area contributed by atoms with Crippen molar-refractivity contribution in [3.63, 3.8) is 0 Å². The van der Waals surface area contributed by atoms with E-state index in [2.05, 4.69) is 19.2 Å². The van der Waals surface area contributed by atoms with Crippen LogP contribution in [0.5, 0.6) is 5.75 Å². The second-order valence-electron chi connectivity index (χ2n) is 5.27. The van der Waals surface area contributed by atoms with Crippen LogP contribution in [0, 0.1) is 0 Å². The zero-order valence-electron chi connectivity index (χ0n) is 13.2. The van der Waals surface area contributed by atoms with Gasteiger partial charge in [0.2, 0.25) is 0 Å². The molecule has 1 rings (SSSR count). The Morgan fingerprint density at radius 3 is 2.43 bits per heavy atom. The van der Waals surface area contributed by atoms with E-state index in [0.717, 1.165) is 37.9 Å². The molecule has 0 saturated carbocycles. The summed E-state index contributed by atoms with van der Waals surface area (Å²) in [5, 5.41) is 2.98. The molecule has 0 aliphatic carbocycles. The molecular weight excluding hydrogens is 264 g/mol. The fourth-order valence-corrected chi connectivity index (χ4v) is 2.01. The lowest BCUT2D eigenvalue weighted by Gasteiger charge is -2.16. The van der Waals surface area contributed by atoms with Crippen molar-refractivity contribution in [3.05, 3.63) is 29.8 Å². The van der Waals surface area contributed by atoms with Gasteiger partial charge in [0.15, 0.2) is 0 Å². The van der Waals surface area contributed by atoms with Crippen molar-refractivity contribution in [2.45, 2.75) is 52.0 Å². The zero-order chi connectivity index (χ0) is 15.5. The van der Waals surface area contributed by atoms with Crippen molar-refractivity contribution >= 4 is 5.91 Å². The van der Waals surface area contributed by atoms with Crippen LogP contribution in [0.1, 0.15) is 56.3 Å². The quantitative estimate of drug-likeness (QED) is 0.651. The average Bonchev–Trinajstić information content (AvgIpc) is 2.52. The summed E-state index contributed by atoms with van der Waals surface area (Å²) >= 11 is 0. The molecule has 1 atom stereocenters. The predicted molar refractivity (Wildman–Crippen MR) is 86.7 cm³/mol. The van der Waals surface area contributed by atoms with Crippen molar-refractivity contribution < 1.29 is 9.53 Å². The highest BCUT2D eigenvalue weighted by Gasteiger charge is 2.12. The van der Waals surface area contributed by atoms with E-state index in [9.17, 15) is 4.79 Å². The lowest BCUT2D eigenvalue weighted by atomic mass is 10.1. The molecule has 4 nitrogen and oxygen atoms in total. The summed E-state index contributed by atoms with van der Waals surface area (Å²) in [6, 6.07) is 7.33. The highest BCUT2D eigenvalue weighted by atomic mass is 16.5. The first-order chi connectivity index (χ1) is 10.2. The minimum absolute atomic E-state index is 0.0536. The Hall–Kier alpha value is -1.55. The lowest BCUT2D eigenvalue weighted by Crippen LogP contribution is -2.40. The topological polar surface area (TPSA) is 64.3 Å². The van der Waals surface area contributed by atoms with Gasteiger partial charge in [0.1, 0.15) is 5.75 Å². The van der Waals surface area contributed by atoms with Crippen molar-refractivity contribution in [2.24, 2.45) is 5.73 Å². The van der Waals surface area contributed by atoms with E-state index in [-0.39, 0.29) is 11.9 Å². The number of carbonyl (C=O) groups excluding carboxylic acids is 1. The Kier molecular flexibility index (Phi) is 8.51. The molecule has 0 spiro atoms. The Bertz CT molecular complexity index is 404. The minimum atomic E-state index is -0.0679. The summed E-state index contributed by atoms with van der Waals surface area (Å²) in [4.78, 5) is 12.1. The van der Waals surface area contributed by atoms with E-state index in [0.29, 0.717) is 18.7 Å². The van der Waals surface area contributed by atoms with Crippen LogP contribution in [-0.4, -0.2) is 25.1 Å². The van der Waals surface area contributed by atoms with Crippen LogP contribution in [0.4, 0.5) is 0 Å². The number of rotatable bonds is 10. The summed E-state index contributed by atoms with van der Waals surface area (Å²) in [5.41, 5.74) is 6.34. The molecule has 0 fully saturated rings. The molecule has 0 aromatic heterocycles. The Labute approximate surface area is 128 Å². The smallest absolute Gasteiger partial charge is 0.251 e. The monoisotopic (exact) mass is 292 g/mol. The molecule has 1 aromatic rings. The molecule has 0 aliphatic heterocycles. The van der Waals surface area contributed by atoms with Crippen LogP contribution >= 0.6 is 0 Å². The highest BCUT2D eigenvalue weighted by Crippen LogP contribution is 2.13. The molecule has 1 aromatic carbocycles. The molecule has 0 aliphatic rings. The highest BCUT2D eigenvalue weighted by molar-refractivity contribution is 5.94. The van der Waals surface area contributed by atoms with Gasteiger partial charge in [-0.2, -0.15) is 0 Å². The fraction of sp³-hybridized carbons (Fsp3) is 0.588. The number of hydrogen-bond donors (Lipinski definition) is 2. The summed E-state index contributed by atoms with van der Waals surface area (Å²) in [6.07, 6.45) is 5.26. The van der Waals surface area contributed by atoms with Gasteiger partial charge in [-0.1, -0.05) is 33.1 Å². The first-order valence-corrected chi connectivity index (χ1v) is 7.95. The first kappa shape index (κ1) is 17.5. The number of nitrogens with one attached hydrogen (secondary N) is 1. The molecule has 0 saturated heterocycles. The van der Waals surface area contributed by atoms with Crippen LogP contribution in [0.15, 0.2) is 24.3 Å². The number of unbranched alkanes of at least 4 members (excludes halogenated alkanes) is 2. The van der Waals surface area contributed by atoms with Crippen molar-refractivity contribution in [3.8, 4) is 5.75 Å². The number of nitrogens with two attached hydrogens (primary N) is 1. The van der Waals surface area contributed by atoms with Crippen LogP contribution in [0.25, 0.3) is 0 Å². The maximum Gasteiger partial charge on any atom is 0.251 e. The number of ether oxygens (including phenoxy) is 1. The van der Waals surface area contributed by atoms with Crippen LogP contribution in [-0.2, 0) is 0 Å². The molecule has 21 heavy (non-hydrogen) atoms. The fourth-order valence-electron chi connectivity index (χ4n) is 2.01. The third kappa shape index (κ3) is 6.63. The largest absolute Gasteiger partial charge is 0.494 e. The van der Waals surface area contributed by atoms with Gasteiger partial charge in [0.05, 0.1) is 6.61 Å². The van der Waals surface area contributed by atoms with E-state index >= 15 is 0 Å². The van der Waals surface area contributed by atoms with E-state index in [1.807, 2.05) is 12.1 Å². The molecule has 1 amide bonds. The third-order valence-corrected chi connectivity index (χ3v) is 3.41. The summed E-state index contributed by atoms with van der Waals surface area (Å²) in [6.45, 7) is 5.45. The third-order valence-electron chi connectivity index (χ3n) is 3.41. The number of benzene rings is 1. The SMILES string of the molecule is CCCCOc1ccc(C(=O)NC(CN)CCCC)cc1. The van der Waals surface area contributed by atoms with Gasteiger partial charge in [-0.3, -0.25) is 4.79 Å². The molecular formula is C17H28N2O2. The van der Waals surface area contributed by atoms with E-state index in [1.54, 1.807) is 12.1 Å².